The first kappa shape index (κ1) is 15.4. The number of nitrogens with zero attached hydrogens (tertiary/aromatic N) is 3. The first-order chi connectivity index (χ1) is 10.2. The molecule has 0 fully saturated rings. The molecule has 2 heterocycles. The van der Waals surface area contributed by atoms with E-state index in [4.69, 9.17) is 15.0 Å². The highest BCUT2D eigenvalue weighted by atomic mass is 16.5. The Morgan fingerprint density at radius 2 is 2.19 bits per heavy atom. The second-order valence-corrected chi connectivity index (χ2v) is 5.21. The molecular weight excluding hydrogens is 268 g/mol. The molecule has 2 N–H and O–H groups in total. The van der Waals surface area contributed by atoms with Crippen molar-refractivity contribution in [2.45, 2.75) is 32.6 Å². The molecular formula is C15H22N4O2. The van der Waals surface area contributed by atoms with Crippen LogP contribution in [0.3, 0.4) is 0 Å². The Hall–Kier alpha value is -1.95. The SMILES string of the molecule is COc1ccc(Cc2noc(CCC(C)CCN)n2)cn1. The summed E-state index contributed by atoms with van der Waals surface area (Å²) in [4.78, 5) is 8.57. The molecule has 114 valence electrons. The van der Waals surface area contributed by atoms with Crippen LogP contribution < -0.4 is 10.5 Å². The summed E-state index contributed by atoms with van der Waals surface area (Å²) in [5.41, 5.74) is 6.57. The molecule has 21 heavy (non-hydrogen) atoms. The van der Waals surface area contributed by atoms with E-state index in [2.05, 4.69) is 22.0 Å². The van der Waals surface area contributed by atoms with Crippen LogP contribution >= 0.6 is 0 Å². The lowest BCUT2D eigenvalue weighted by molar-refractivity contribution is 0.358. The molecule has 2 aromatic rings. The van der Waals surface area contributed by atoms with Crippen molar-refractivity contribution in [2.75, 3.05) is 13.7 Å². The van der Waals surface area contributed by atoms with Crippen LogP contribution in [0.5, 0.6) is 5.88 Å². The first-order valence-corrected chi connectivity index (χ1v) is 7.21. The van der Waals surface area contributed by atoms with Gasteiger partial charge < -0.3 is 15.0 Å². The van der Waals surface area contributed by atoms with Gasteiger partial charge in [0.25, 0.3) is 0 Å². The Labute approximate surface area is 124 Å². The van der Waals surface area contributed by atoms with Crippen LogP contribution in [0.4, 0.5) is 0 Å². The summed E-state index contributed by atoms with van der Waals surface area (Å²) >= 11 is 0. The van der Waals surface area contributed by atoms with Crippen molar-refractivity contribution in [3.8, 4) is 5.88 Å². The number of aromatic nitrogens is 3. The van der Waals surface area contributed by atoms with Gasteiger partial charge in [-0.05, 0) is 30.9 Å². The number of aryl methyl sites for hydroxylation is 1. The lowest BCUT2D eigenvalue weighted by Crippen LogP contribution is -2.06. The summed E-state index contributed by atoms with van der Waals surface area (Å²) in [5.74, 6) is 2.55. The van der Waals surface area contributed by atoms with E-state index in [0.717, 1.165) is 31.4 Å². The molecule has 0 spiro atoms. The van der Waals surface area contributed by atoms with Crippen molar-refractivity contribution in [1.82, 2.24) is 15.1 Å². The Morgan fingerprint density at radius 3 is 2.86 bits per heavy atom. The lowest BCUT2D eigenvalue weighted by atomic mass is 10.0. The van der Waals surface area contributed by atoms with E-state index < -0.39 is 0 Å². The molecule has 2 rings (SSSR count). The molecule has 0 aromatic carbocycles. The fraction of sp³-hybridized carbons (Fsp3) is 0.533. The van der Waals surface area contributed by atoms with Crippen molar-refractivity contribution in [2.24, 2.45) is 11.7 Å². The van der Waals surface area contributed by atoms with Gasteiger partial charge in [0.05, 0.1) is 7.11 Å². The molecule has 0 radical (unpaired) electrons. The molecule has 0 aliphatic carbocycles. The van der Waals surface area contributed by atoms with E-state index in [1.165, 1.54) is 0 Å². The minimum atomic E-state index is 0.580. The van der Waals surface area contributed by atoms with E-state index in [-0.39, 0.29) is 0 Å². The van der Waals surface area contributed by atoms with Crippen LogP contribution in [-0.2, 0) is 12.8 Å². The molecule has 0 saturated carbocycles. The van der Waals surface area contributed by atoms with Crippen molar-refractivity contribution >= 4 is 0 Å². The van der Waals surface area contributed by atoms with Gasteiger partial charge in [-0.2, -0.15) is 4.98 Å². The molecule has 0 bridgehead atoms. The summed E-state index contributed by atoms with van der Waals surface area (Å²) < 4.78 is 10.3. The van der Waals surface area contributed by atoms with Crippen LogP contribution in [0.15, 0.2) is 22.9 Å². The Kier molecular flexibility index (Phi) is 5.68. The predicted octanol–water partition coefficient (Wildman–Crippen LogP) is 1.98. The highest BCUT2D eigenvalue weighted by Gasteiger charge is 2.09. The zero-order chi connectivity index (χ0) is 15.1. The van der Waals surface area contributed by atoms with Gasteiger partial charge in [-0.1, -0.05) is 18.1 Å². The minimum Gasteiger partial charge on any atom is -0.481 e. The van der Waals surface area contributed by atoms with Crippen molar-refractivity contribution in [3.63, 3.8) is 0 Å². The number of hydrogen-bond donors (Lipinski definition) is 1. The summed E-state index contributed by atoms with van der Waals surface area (Å²) in [6, 6.07) is 3.77. The van der Waals surface area contributed by atoms with Crippen molar-refractivity contribution in [1.29, 1.82) is 0 Å². The van der Waals surface area contributed by atoms with Gasteiger partial charge in [0.2, 0.25) is 11.8 Å². The highest BCUT2D eigenvalue weighted by Crippen LogP contribution is 2.13. The van der Waals surface area contributed by atoms with Crippen molar-refractivity contribution in [3.05, 3.63) is 35.6 Å². The topological polar surface area (TPSA) is 87.1 Å². The Balaban J connectivity index is 1.87. The van der Waals surface area contributed by atoms with Gasteiger partial charge in [-0.15, -0.1) is 0 Å². The smallest absolute Gasteiger partial charge is 0.226 e. The average Bonchev–Trinajstić information content (AvgIpc) is 2.94. The summed E-state index contributed by atoms with van der Waals surface area (Å²) in [6.07, 6.45) is 5.22. The molecule has 6 heteroatoms. The minimum absolute atomic E-state index is 0.580. The Bertz CT molecular complexity index is 539. The monoisotopic (exact) mass is 290 g/mol. The molecule has 0 aliphatic rings. The standard InChI is InChI=1S/C15H22N4O2/c1-11(7-8-16)3-5-15-18-13(19-21-15)9-12-4-6-14(20-2)17-10-12/h4,6,10-11H,3,5,7-9,16H2,1-2H3. The molecule has 6 nitrogen and oxygen atoms in total. The normalized spacial score (nSPS) is 12.3. The molecule has 0 aliphatic heterocycles. The van der Waals surface area contributed by atoms with Gasteiger partial charge in [0.15, 0.2) is 5.82 Å². The largest absolute Gasteiger partial charge is 0.481 e. The maximum absolute atomic E-state index is 5.54. The van der Waals surface area contributed by atoms with E-state index in [9.17, 15) is 0 Å². The number of hydrogen-bond acceptors (Lipinski definition) is 6. The summed E-state index contributed by atoms with van der Waals surface area (Å²) in [6.45, 7) is 2.91. The number of rotatable bonds is 8. The molecule has 0 amide bonds. The van der Waals surface area contributed by atoms with Crippen LogP contribution in [-0.4, -0.2) is 28.8 Å². The number of nitrogens with two attached hydrogens (primary N) is 1. The third-order valence-electron chi connectivity index (χ3n) is 3.39. The van der Waals surface area contributed by atoms with Gasteiger partial charge >= 0.3 is 0 Å². The fourth-order valence-corrected chi connectivity index (χ4v) is 2.08. The summed E-state index contributed by atoms with van der Waals surface area (Å²) in [7, 11) is 1.60. The predicted molar refractivity (Wildman–Crippen MR) is 79.0 cm³/mol. The molecule has 2 aromatic heterocycles. The molecule has 0 saturated heterocycles. The molecule has 1 atom stereocenters. The summed E-state index contributed by atoms with van der Waals surface area (Å²) in [5, 5.41) is 4.01. The Morgan fingerprint density at radius 1 is 1.33 bits per heavy atom. The fourth-order valence-electron chi connectivity index (χ4n) is 2.08. The van der Waals surface area contributed by atoms with Gasteiger partial charge in [0.1, 0.15) is 0 Å². The van der Waals surface area contributed by atoms with Gasteiger partial charge in [-0.3, -0.25) is 0 Å². The number of methoxy groups -OCH3 is 1. The van der Waals surface area contributed by atoms with Crippen LogP contribution in [0, 0.1) is 5.92 Å². The van der Waals surface area contributed by atoms with Crippen LogP contribution in [0.2, 0.25) is 0 Å². The van der Waals surface area contributed by atoms with E-state index >= 15 is 0 Å². The maximum Gasteiger partial charge on any atom is 0.226 e. The second kappa shape index (κ2) is 7.73. The van der Waals surface area contributed by atoms with Gasteiger partial charge in [0, 0.05) is 25.1 Å². The number of ether oxygens (including phenoxy) is 1. The first-order valence-electron chi connectivity index (χ1n) is 7.21. The third kappa shape index (κ3) is 4.82. The highest BCUT2D eigenvalue weighted by molar-refractivity contribution is 5.20. The van der Waals surface area contributed by atoms with Crippen LogP contribution in [0.1, 0.15) is 37.0 Å². The van der Waals surface area contributed by atoms with Crippen LogP contribution in [0.25, 0.3) is 0 Å². The second-order valence-electron chi connectivity index (χ2n) is 5.21. The zero-order valence-electron chi connectivity index (χ0n) is 12.6. The quantitative estimate of drug-likeness (QED) is 0.800. The lowest BCUT2D eigenvalue weighted by Gasteiger charge is -2.06. The van der Waals surface area contributed by atoms with E-state index in [1.54, 1.807) is 13.3 Å². The third-order valence-corrected chi connectivity index (χ3v) is 3.39. The maximum atomic E-state index is 5.54. The molecule has 1 unspecified atom stereocenters. The van der Waals surface area contributed by atoms with E-state index in [1.807, 2.05) is 12.1 Å². The van der Waals surface area contributed by atoms with Gasteiger partial charge in [-0.25, -0.2) is 4.98 Å². The van der Waals surface area contributed by atoms with Crippen molar-refractivity contribution < 1.29 is 9.26 Å². The zero-order valence-corrected chi connectivity index (χ0v) is 12.6. The average molecular weight is 290 g/mol. The van der Waals surface area contributed by atoms with E-state index in [0.29, 0.717) is 29.9 Å². The number of pyridine rings is 1.